The quantitative estimate of drug-likeness (QED) is 0.905. The minimum absolute atomic E-state index is 0.0372. The van der Waals surface area contributed by atoms with Gasteiger partial charge in [0.05, 0.1) is 13.7 Å². The van der Waals surface area contributed by atoms with E-state index in [0.717, 1.165) is 0 Å². The fourth-order valence-corrected chi connectivity index (χ4v) is 1.77. The van der Waals surface area contributed by atoms with Crippen molar-refractivity contribution in [1.82, 2.24) is 5.16 Å². The summed E-state index contributed by atoms with van der Waals surface area (Å²) in [7, 11) is 2.77. The molecule has 0 atom stereocenters. The maximum Gasteiger partial charge on any atom is 0.374 e. The van der Waals surface area contributed by atoms with E-state index in [2.05, 4.69) is 9.68 Å². The Morgan fingerprint density at radius 1 is 1.45 bits per heavy atom. The minimum atomic E-state index is -1.25. The van der Waals surface area contributed by atoms with Gasteiger partial charge >= 0.3 is 5.97 Å². The SMILES string of the molecule is COCc1ccc(-c2cc(C(=O)O)on2)c(OC)c1F. The summed E-state index contributed by atoms with van der Waals surface area (Å²) >= 11 is 0. The third kappa shape index (κ3) is 2.48. The molecule has 0 radical (unpaired) electrons. The van der Waals surface area contributed by atoms with Crippen LogP contribution in [0.3, 0.4) is 0 Å². The number of benzene rings is 1. The molecular formula is C13H12FNO5. The lowest BCUT2D eigenvalue weighted by Crippen LogP contribution is -1.99. The Labute approximate surface area is 113 Å². The number of halogens is 1. The highest BCUT2D eigenvalue weighted by Crippen LogP contribution is 2.34. The van der Waals surface area contributed by atoms with Crippen molar-refractivity contribution in [2.75, 3.05) is 14.2 Å². The maximum absolute atomic E-state index is 14.2. The summed E-state index contributed by atoms with van der Waals surface area (Å²) < 4.78 is 28.7. The van der Waals surface area contributed by atoms with Crippen molar-refractivity contribution in [2.24, 2.45) is 0 Å². The summed E-state index contributed by atoms with van der Waals surface area (Å²) in [5.74, 6) is -2.20. The second kappa shape index (κ2) is 5.70. The van der Waals surface area contributed by atoms with Crippen LogP contribution < -0.4 is 4.74 Å². The van der Waals surface area contributed by atoms with Crippen molar-refractivity contribution in [3.8, 4) is 17.0 Å². The van der Waals surface area contributed by atoms with Gasteiger partial charge in [-0.2, -0.15) is 0 Å². The third-order valence-corrected chi connectivity index (χ3v) is 2.68. The monoisotopic (exact) mass is 281 g/mol. The Kier molecular flexibility index (Phi) is 3.99. The highest BCUT2D eigenvalue weighted by atomic mass is 19.1. The molecule has 0 aliphatic carbocycles. The second-order valence-corrected chi connectivity index (χ2v) is 3.93. The van der Waals surface area contributed by atoms with E-state index in [4.69, 9.17) is 14.6 Å². The van der Waals surface area contributed by atoms with Crippen LogP contribution in [0.1, 0.15) is 16.1 Å². The summed E-state index contributed by atoms with van der Waals surface area (Å²) in [5, 5.41) is 12.4. The number of hydrogen-bond donors (Lipinski definition) is 1. The predicted molar refractivity (Wildman–Crippen MR) is 66.1 cm³/mol. The zero-order valence-corrected chi connectivity index (χ0v) is 10.8. The molecule has 0 fully saturated rings. The van der Waals surface area contributed by atoms with Crippen LogP contribution in [0, 0.1) is 5.82 Å². The van der Waals surface area contributed by atoms with Crippen LogP contribution in [0.25, 0.3) is 11.3 Å². The smallest absolute Gasteiger partial charge is 0.374 e. The molecule has 20 heavy (non-hydrogen) atoms. The molecule has 2 rings (SSSR count). The number of hydrogen-bond acceptors (Lipinski definition) is 5. The molecule has 2 aromatic rings. The predicted octanol–water partition coefficient (Wildman–Crippen LogP) is 2.33. The highest BCUT2D eigenvalue weighted by Gasteiger charge is 2.19. The third-order valence-electron chi connectivity index (χ3n) is 2.68. The van der Waals surface area contributed by atoms with Gasteiger partial charge in [-0.3, -0.25) is 0 Å². The lowest BCUT2D eigenvalue weighted by atomic mass is 10.1. The Bertz CT molecular complexity index is 638. The first kappa shape index (κ1) is 14.0. The van der Waals surface area contributed by atoms with Crippen molar-refractivity contribution in [3.63, 3.8) is 0 Å². The maximum atomic E-state index is 14.2. The van der Waals surface area contributed by atoms with Gasteiger partial charge < -0.3 is 19.1 Å². The summed E-state index contributed by atoms with van der Waals surface area (Å²) in [6.45, 7) is 0.0989. The first-order chi connectivity index (χ1) is 9.58. The van der Waals surface area contributed by atoms with E-state index in [1.54, 1.807) is 6.07 Å². The molecule has 1 aromatic carbocycles. The van der Waals surface area contributed by atoms with Gasteiger partial charge in [-0.15, -0.1) is 0 Å². The molecule has 1 aromatic heterocycles. The van der Waals surface area contributed by atoms with Gasteiger partial charge in [-0.05, 0) is 6.07 Å². The minimum Gasteiger partial charge on any atom is -0.493 e. The van der Waals surface area contributed by atoms with Crippen LogP contribution in [0.5, 0.6) is 5.75 Å². The number of carbonyl (C=O) groups is 1. The summed E-state index contributed by atoms with van der Waals surface area (Å²) in [6, 6.07) is 4.29. The van der Waals surface area contributed by atoms with Crippen LogP contribution in [-0.2, 0) is 11.3 Å². The molecule has 0 amide bonds. The number of nitrogens with zero attached hydrogens (tertiary/aromatic N) is 1. The standard InChI is InChI=1S/C13H12FNO5/c1-18-6-7-3-4-8(12(19-2)11(7)14)9-5-10(13(16)17)20-15-9/h3-5H,6H2,1-2H3,(H,16,17). The van der Waals surface area contributed by atoms with Crippen molar-refractivity contribution < 1.29 is 28.3 Å². The average Bonchev–Trinajstić information content (AvgIpc) is 2.90. The highest BCUT2D eigenvalue weighted by molar-refractivity contribution is 5.86. The molecule has 0 unspecified atom stereocenters. The molecule has 0 spiro atoms. The van der Waals surface area contributed by atoms with Crippen molar-refractivity contribution in [1.29, 1.82) is 0 Å². The van der Waals surface area contributed by atoms with E-state index < -0.39 is 11.8 Å². The molecular weight excluding hydrogens is 269 g/mol. The van der Waals surface area contributed by atoms with Crippen LogP contribution in [-0.4, -0.2) is 30.5 Å². The normalized spacial score (nSPS) is 10.6. The van der Waals surface area contributed by atoms with Crippen molar-refractivity contribution >= 4 is 5.97 Å². The summed E-state index contributed by atoms with van der Waals surface area (Å²) in [5.41, 5.74) is 0.818. The van der Waals surface area contributed by atoms with Gasteiger partial charge in [0.1, 0.15) is 5.69 Å². The van der Waals surface area contributed by atoms with Crippen LogP contribution in [0.2, 0.25) is 0 Å². The van der Waals surface area contributed by atoms with E-state index >= 15 is 0 Å². The molecule has 1 N–H and O–H groups in total. The fraction of sp³-hybridized carbons (Fsp3) is 0.231. The lowest BCUT2D eigenvalue weighted by Gasteiger charge is -2.10. The number of aromatic nitrogens is 1. The molecule has 1 heterocycles. The number of ether oxygens (including phenoxy) is 2. The number of rotatable bonds is 5. The molecule has 7 heteroatoms. The van der Waals surface area contributed by atoms with Gasteiger partial charge in [-0.25, -0.2) is 9.18 Å². The van der Waals surface area contributed by atoms with Gasteiger partial charge in [-0.1, -0.05) is 11.2 Å². The average molecular weight is 281 g/mol. The van der Waals surface area contributed by atoms with Gasteiger partial charge in [0.25, 0.3) is 0 Å². The van der Waals surface area contributed by atoms with Gasteiger partial charge in [0.15, 0.2) is 11.6 Å². The summed E-state index contributed by atoms with van der Waals surface area (Å²) in [4.78, 5) is 10.8. The van der Waals surface area contributed by atoms with Crippen molar-refractivity contribution in [3.05, 3.63) is 35.3 Å². The number of methoxy groups -OCH3 is 2. The van der Waals surface area contributed by atoms with E-state index in [0.29, 0.717) is 11.1 Å². The zero-order chi connectivity index (χ0) is 14.7. The number of carboxylic acid groups (broad SMARTS) is 1. The Morgan fingerprint density at radius 3 is 2.75 bits per heavy atom. The Hall–Kier alpha value is -2.41. The van der Waals surface area contributed by atoms with E-state index in [9.17, 15) is 9.18 Å². The van der Waals surface area contributed by atoms with Gasteiger partial charge in [0, 0.05) is 24.3 Å². The second-order valence-electron chi connectivity index (χ2n) is 3.93. The van der Waals surface area contributed by atoms with Crippen LogP contribution in [0.15, 0.2) is 22.7 Å². The molecule has 0 saturated heterocycles. The fourth-order valence-electron chi connectivity index (χ4n) is 1.77. The Balaban J connectivity index is 2.50. The zero-order valence-electron chi connectivity index (χ0n) is 10.8. The number of carboxylic acids is 1. The topological polar surface area (TPSA) is 81.8 Å². The molecule has 6 nitrogen and oxygen atoms in total. The van der Waals surface area contributed by atoms with Gasteiger partial charge in [0.2, 0.25) is 5.76 Å². The molecule has 0 aliphatic rings. The van der Waals surface area contributed by atoms with Crippen molar-refractivity contribution in [2.45, 2.75) is 6.61 Å². The molecule has 0 aliphatic heterocycles. The van der Waals surface area contributed by atoms with Crippen LogP contribution in [0.4, 0.5) is 4.39 Å². The Morgan fingerprint density at radius 2 is 2.20 bits per heavy atom. The number of aromatic carboxylic acids is 1. The van der Waals surface area contributed by atoms with E-state index in [-0.39, 0.29) is 23.8 Å². The molecule has 0 bridgehead atoms. The first-order valence-electron chi connectivity index (χ1n) is 5.63. The van der Waals surface area contributed by atoms with Crippen LogP contribution >= 0.6 is 0 Å². The molecule has 106 valence electrons. The van der Waals surface area contributed by atoms with E-state index in [1.165, 1.54) is 26.4 Å². The van der Waals surface area contributed by atoms with E-state index in [1.807, 2.05) is 0 Å². The first-order valence-corrected chi connectivity index (χ1v) is 5.63. The lowest BCUT2D eigenvalue weighted by molar-refractivity contribution is 0.0652. The summed E-state index contributed by atoms with van der Waals surface area (Å²) in [6.07, 6.45) is 0. The largest absolute Gasteiger partial charge is 0.493 e. The molecule has 0 saturated carbocycles.